The van der Waals surface area contributed by atoms with Crippen molar-refractivity contribution in [2.75, 3.05) is 26.2 Å². The molecule has 1 saturated heterocycles. The molecule has 21 heavy (non-hydrogen) atoms. The molecule has 3 N–H and O–H groups in total. The largest absolute Gasteiger partial charge is 0.355 e. The number of nitrogens with zero attached hydrogens (tertiary/aromatic N) is 1. The Labute approximate surface area is 129 Å². The van der Waals surface area contributed by atoms with Crippen LogP contribution in [0.15, 0.2) is 0 Å². The first-order chi connectivity index (χ1) is 9.99. The summed E-state index contributed by atoms with van der Waals surface area (Å²) in [6, 6.07) is 0. The highest BCUT2D eigenvalue weighted by molar-refractivity contribution is 5.86. The van der Waals surface area contributed by atoms with Gasteiger partial charge in [-0.2, -0.15) is 0 Å². The summed E-state index contributed by atoms with van der Waals surface area (Å²) < 4.78 is 0. The van der Waals surface area contributed by atoms with Crippen molar-refractivity contribution in [1.29, 1.82) is 0 Å². The van der Waals surface area contributed by atoms with Crippen LogP contribution in [0.1, 0.15) is 58.8 Å². The van der Waals surface area contributed by atoms with Gasteiger partial charge in [-0.25, -0.2) is 0 Å². The van der Waals surface area contributed by atoms with Gasteiger partial charge in [0.25, 0.3) is 0 Å². The van der Waals surface area contributed by atoms with Crippen molar-refractivity contribution in [2.45, 2.75) is 64.3 Å². The number of unbranched alkanes of at least 4 members (excludes halogenated alkanes) is 1. The molecular weight excluding hydrogens is 262 g/mol. The van der Waals surface area contributed by atoms with E-state index in [0.29, 0.717) is 0 Å². The number of nitrogens with two attached hydrogens (primary N) is 1. The Balaban J connectivity index is 1.56. The minimum Gasteiger partial charge on any atom is -0.355 e. The average molecular weight is 295 g/mol. The Morgan fingerprint density at radius 3 is 2.43 bits per heavy atom. The van der Waals surface area contributed by atoms with Crippen molar-refractivity contribution in [2.24, 2.45) is 17.6 Å². The number of hydrogen-bond acceptors (Lipinski definition) is 3. The molecule has 1 amide bonds. The van der Waals surface area contributed by atoms with Crippen molar-refractivity contribution >= 4 is 5.91 Å². The lowest BCUT2D eigenvalue weighted by Gasteiger charge is -2.35. The highest BCUT2D eigenvalue weighted by Gasteiger charge is 2.36. The van der Waals surface area contributed by atoms with Crippen LogP contribution in [0.25, 0.3) is 0 Å². The van der Waals surface area contributed by atoms with Crippen LogP contribution in [0, 0.1) is 11.8 Å². The summed E-state index contributed by atoms with van der Waals surface area (Å²) in [5.41, 5.74) is 5.57. The van der Waals surface area contributed by atoms with E-state index < -0.39 is 5.54 Å². The topological polar surface area (TPSA) is 58.4 Å². The highest BCUT2D eigenvalue weighted by Crippen LogP contribution is 2.27. The average Bonchev–Trinajstić information content (AvgIpc) is 2.85. The molecule has 122 valence electrons. The van der Waals surface area contributed by atoms with Gasteiger partial charge < -0.3 is 16.0 Å². The van der Waals surface area contributed by atoms with Gasteiger partial charge in [0.1, 0.15) is 0 Å². The first-order valence-corrected chi connectivity index (χ1v) is 8.79. The van der Waals surface area contributed by atoms with E-state index in [-0.39, 0.29) is 5.91 Å². The van der Waals surface area contributed by atoms with Gasteiger partial charge in [-0.3, -0.25) is 4.79 Å². The van der Waals surface area contributed by atoms with Gasteiger partial charge in [0.2, 0.25) is 5.91 Å². The van der Waals surface area contributed by atoms with Gasteiger partial charge in [0.05, 0.1) is 5.54 Å². The third-order valence-corrected chi connectivity index (χ3v) is 5.08. The van der Waals surface area contributed by atoms with Crippen LogP contribution in [0.5, 0.6) is 0 Å². The van der Waals surface area contributed by atoms with Crippen LogP contribution in [-0.4, -0.2) is 42.5 Å². The highest BCUT2D eigenvalue weighted by atomic mass is 16.2. The van der Waals surface area contributed by atoms with E-state index in [0.717, 1.165) is 63.5 Å². The standard InChI is InChI=1S/C17H33N3O/c1-14-11-15(2)13-20(12-14)10-6-5-9-19-16(21)17(18)7-3-4-8-17/h14-15H,3-13,18H2,1-2H3,(H,19,21). The molecule has 1 saturated carbocycles. The van der Waals surface area contributed by atoms with Crippen molar-refractivity contribution in [3.63, 3.8) is 0 Å². The van der Waals surface area contributed by atoms with Crippen molar-refractivity contribution < 1.29 is 4.79 Å². The molecule has 0 spiro atoms. The fourth-order valence-electron chi connectivity index (χ4n) is 4.05. The Hall–Kier alpha value is -0.610. The fourth-order valence-corrected chi connectivity index (χ4v) is 4.05. The molecule has 0 bridgehead atoms. The number of piperidine rings is 1. The summed E-state index contributed by atoms with van der Waals surface area (Å²) in [6.45, 7) is 9.12. The molecule has 4 heteroatoms. The van der Waals surface area contributed by atoms with Crippen molar-refractivity contribution in [3.05, 3.63) is 0 Å². The number of carbonyl (C=O) groups is 1. The lowest BCUT2D eigenvalue weighted by molar-refractivity contribution is -0.126. The second-order valence-electron chi connectivity index (χ2n) is 7.53. The second-order valence-corrected chi connectivity index (χ2v) is 7.53. The van der Waals surface area contributed by atoms with Gasteiger partial charge in [0.15, 0.2) is 0 Å². The zero-order valence-corrected chi connectivity index (χ0v) is 13.9. The Morgan fingerprint density at radius 2 is 1.81 bits per heavy atom. The lowest BCUT2D eigenvalue weighted by atomic mass is 9.92. The third kappa shape index (κ3) is 4.96. The maximum absolute atomic E-state index is 12.1. The summed E-state index contributed by atoms with van der Waals surface area (Å²) in [5.74, 6) is 1.72. The molecule has 2 aliphatic rings. The van der Waals surface area contributed by atoms with E-state index in [1.165, 1.54) is 19.5 Å². The van der Waals surface area contributed by atoms with Crippen LogP contribution < -0.4 is 11.1 Å². The van der Waals surface area contributed by atoms with Crippen molar-refractivity contribution in [3.8, 4) is 0 Å². The molecule has 2 rings (SSSR count). The number of likely N-dealkylation sites (tertiary alicyclic amines) is 1. The summed E-state index contributed by atoms with van der Waals surface area (Å²) in [5, 5.41) is 3.04. The molecule has 2 fully saturated rings. The predicted molar refractivity (Wildman–Crippen MR) is 87.0 cm³/mol. The Bertz CT molecular complexity index is 329. The van der Waals surface area contributed by atoms with E-state index in [2.05, 4.69) is 24.1 Å². The van der Waals surface area contributed by atoms with Gasteiger partial charge in [0, 0.05) is 19.6 Å². The molecule has 1 heterocycles. The van der Waals surface area contributed by atoms with Gasteiger partial charge in [-0.1, -0.05) is 26.7 Å². The second kappa shape index (κ2) is 7.59. The first kappa shape index (κ1) is 16.8. The number of nitrogens with one attached hydrogen (secondary N) is 1. The van der Waals surface area contributed by atoms with E-state index in [1.54, 1.807) is 0 Å². The zero-order valence-electron chi connectivity index (χ0n) is 13.9. The minimum absolute atomic E-state index is 0.0696. The molecule has 4 nitrogen and oxygen atoms in total. The molecule has 0 aromatic heterocycles. The van der Waals surface area contributed by atoms with E-state index in [1.807, 2.05) is 0 Å². The van der Waals surface area contributed by atoms with Crippen LogP contribution in [-0.2, 0) is 4.79 Å². The fraction of sp³-hybridized carbons (Fsp3) is 0.941. The van der Waals surface area contributed by atoms with Gasteiger partial charge in [-0.15, -0.1) is 0 Å². The minimum atomic E-state index is -0.572. The molecule has 0 aromatic rings. The van der Waals surface area contributed by atoms with E-state index in [9.17, 15) is 4.79 Å². The number of hydrogen-bond donors (Lipinski definition) is 2. The quantitative estimate of drug-likeness (QED) is 0.738. The normalized spacial score (nSPS) is 29.5. The van der Waals surface area contributed by atoms with Gasteiger partial charge >= 0.3 is 0 Å². The Morgan fingerprint density at radius 1 is 1.19 bits per heavy atom. The lowest BCUT2D eigenvalue weighted by Crippen LogP contribution is -2.52. The summed E-state index contributed by atoms with van der Waals surface area (Å²) in [6.07, 6.45) is 7.47. The molecule has 2 unspecified atom stereocenters. The van der Waals surface area contributed by atoms with Crippen LogP contribution in [0.2, 0.25) is 0 Å². The van der Waals surface area contributed by atoms with Crippen LogP contribution in [0.4, 0.5) is 0 Å². The number of amides is 1. The number of carbonyl (C=O) groups excluding carboxylic acids is 1. The smallest absolute Gasteiger partial charge is 0.240 e. The first-order valence-electron chi connectivity index (χ1n) is 8.79. The van der Waals surface area contributed by atoms with E-state index in [4.69, 9.17) is 5.73 Å². The van der Waals surface area contributed by atoms with E-state index >= 15 is 0 Å². The maximum Gasteiger partial charge on any atom is 0.240 e. The van der Waals surface area contributed by atoms with Crippen LogP contribution >= 0.6 is 0 Å². The molecule has 2 atom stereocenters. The Kier molecular flexibility index (Phi) is 6.06. The SMILES string of the molecule is CC1CC(C)CN(CCCCNC(=O)C2(N)CCCC2)C1. The summed E-state index contributed by atoms with van der Waals surface area (Å²) >= 11 is 0. The third-order valence-electron chi connectivity index (χ3n) is 5.08. The summed E-state index contributed by atoms with van der Waals surface area (Å²) in [4.78, 5) is 14.7. The molecule has 0 aromatic carbocycles. The maximum atomic E-state index is 12.1. The van der Waals surface area contributed by atoms with Crippen LogP contribution in [0.3, 0.4) is 0 Å². The molecule has 1 aliphatic carbocycles. The van der Waals surface area contributed by atoms with Crippen molar-refractivity contribution in [1.82, 2.24) is 10.2 Å². The summed E-state index contributed by atoms with van der Waals surface area (Å²) in [7, 11) is 0. The number of rotatable bonds is 6. The molecular formula is C17H33N3O. The van der Waals surface area contributed by atoms with Gasteiger partial charge in [-0.05, 0) is 50.5 Å². The molecule has 0 radical (unpaired) electrons. The predicted octanol–water partition coefficient (Wildman–Crippen LogP) is 2.13. The monoisotopic (exact) mass is 295 g/mol. The molecule has 1 aliphatic heterocycles. The zero-order chi connectivity index (χ0) is 15.3.